The molecule has 0 bridgehead atoms. The van der Waals surface area contributed by atoms with Gasteiger partial charge in [-0.2, -0.15) is 0 Å². The molecule has 0 radical (unpaired) electrons. The zero-order chi connectivity index (χ0) is 14.7. The molecular formula is C13H16FNO4S. The molecule has 1 aliphatic rings. The number of nitrogens with zero attached hydrogens (tertiary/aromatic N) is 1. The van der Waals surface area contributed by atoms with Crippen molar-refractivity contribution in [3.63, 3.8) is 0 Å². The maximum atomic E-state index is 13.3. The van der Waals surface area contributed by atoms with Gasteiger partial charge in [-0.05, 0) is 25.2 Å². The summed E-state index contributed by atoms with van der Waals surface area (Å²) in [6, 6.07) is 3.51. The second-order valence-electron chi connectivity index (χ2n) is 4.71. The fraction of sp³-hybridized carbons (Fsp3) is 0.462. The molecule has 0 aliphatic carbocycles. The molecule has 7 heteroatoms. The maximum Gasteiger partial charge on any atom is 0.338 e. The zero-order valence-electron chi connectivity index (χ0n) is 11.0. The van der Waals surface area contributed by atoms with Gasteiger partial charge in [-0.1, -0.05) is 0 Å². The second-order valence-corrected chi connectivity index (χ2v) is 6.21. The predicted molar refractivity (Wildman–Crippen MR) is 71.9 cm³/mol. The number of carboxylic acids is 1. The fourth-order valence-corrected chi connectivity index (χ4v) is 3.24. The summed E-state index contributed by atoms with van der Waals surface area (Å²) < 4.78 is 31.0. The van der Waals surface area contributed by atoms with Gasteiger partial charge in [-0.15, -0.1) is 0 Å². The number of hydrogen-bond acceptors (Lipinski definition) is 4. The lowest BCUT2D eigenvalue weighted by atomic mass is 10.2. The van der Waals surface area contributed by atoms with E-state index in [9.17, 15) is 13.4 Å². The standard InChI is InChI=1S/C13H16FNO4S/c1-15-4-5-19-9(7-15)8-20(18)10-2-3-12(14)11(6-10)13(16)17/h2-3,6,9H,4-5,7-8H2,1H3,(H,16,17). The van der Waals surface area contributed by atoms with Crippen molar-refractivity contribution < 1.29 is 23.2 Å². The molecule has 1 aromatic rings. The molecule has 1 N–H and O–H groups in total. The number of ether oxygens (including phenoxy) is 1. The van der Waals surface area contributed by atoms with E-state index in [0.717, 1.165) is 18.7 Å². The van der Waals surface area contributed by atoms with Crippen molar-refractivity contribution in [3.05, 3.63) is 29.6 Å². The van der Waals surface area contributed by atoms with Gasteiger partial charge in [0.15, 0.2) is 0 Å². The number of benzene rings is 1. The fourth-order valence-electron chi connectivity index (χ4n) is 2.04. The van der Waals surface area contributed by atoms with Crippen LogP contribution in [0.2, 0.25) is 0 Å². The van der Waals surface area contributed by atoms with Crippen LogP contribution in [0.4, 0.5) is 4.39 Å². The first-order chi connectivity index (χ1) is 9.47. The second kappa shape index (κ2) is 6.43. The largest absolute Gasteiger partial charge is 0.478 e. The van der Waals surface area contributed by atoms with Gasteiger partial charge < -0.3 is 14.7 Å². The Labute approximate surface area is 118 Å². The molecule has 110 valence electrons. The van der Waals surface area contributed by atoms with Crippen molar-refractivity contribution in [2.24, 2.45) is 0 Å². The van der Waals surface area contributed by atoms with Crippen LogP contribution in [-0.2, 0) is 15.5 Å². The summed E-state index contributed by atoms with van der Waals surface area (Å²) in [7, 11) is 0.545. The van der Waals surface area contributed by atoms with Crippen molar-refractivity contribution in [2.75, 3.05) is 32.5 Å². The van der Waals surface area contributed by atoms with Crippen LogP contribution in [0.15, 0.2) is 23.1 Å². The van der Waals surface area contributed by atoms with E-state index < -0.39 is 28.1 Å². The van der Waals surface area contributed by atoms with Crippen LogP contribution in [0.25, 0.3) is 0 Å². The van der Waals surface area contributed by atoms with Crippen molar-refractivity contribution in [1.82, 2.24) is 4.90 Å². The average Bonchev–Trinajstić information content (AvgIpc) is 2.38. The number of carboxylic acid groups (broad SMARTS) is 1. The van der Waals surface area contributed by atoms with Gasteiger partial charge in [0.05, 0.1) is 34.8 Å². The molecule has 1 aromatic carbocycles. The summed E-state index contributed by atoms with van der Waals surface area (Å²) in [5, 5.41) is 8.86. The van der Waals surface area contributed by atoms with Crippen LogP contribution in [-0.4, -0.2) is 58.8 Å². The molecule has 0 aromatic heterocycles. The van der Waals surface area contributed by atoms with E-state index in [4.69, 9.17) is 9.84 Å². The molecule has 20 heavy (non-hydrogen) atoms. The Bertz CT molecular complexity index is 537. The van der Waals surface area contributed by atoms with E-state index in [-0.39, 0.29) is 11.9 Å². The third-order valence-electron chi connectivity index (χ3n) is 3.11. The van der Waals surface area contributed by atoms with Crippen LogP contribution in [0.5, 0.6) is 0 Å². The Hall–Kier alpha value is -1.31. The van der Waals surface area contributed by atoms with Crippen LogP contribution < -0.4 is 0 Å². The smallest absolute Gasteiger partial charge is 0.338 e. The highest BCUT2D eigenvalue weighted by molar-refractivity contribution is 7.85. The Morgan fingerprint density at radius 2 is 2.35 bits per heavy atom. The van der Waals surface area contributed by atoms with Crippen molar-refractivity contribution in [1.29, 1.82) is 0 Å². The third-order valence-corrected chi connectivity index (χ3v) is 4.56. The topological polar surface area (TPSA) is 66.8 Å². The maximum absolute atomic E-state index is 13.3. The molecule has 5 nitrogen and oxygen atoms in total. The lowest BCUT2D eigenvalue weighted by molar-refractivity contribution is -0.00640. The van der Waals surface area contributed by atoms with Gasteiger partial charge in [0, 0.05) is 18.0 Å². The van der Waals surface area contributed by atoms with Gasteiger partial charge in [-0.25, -0.2) is 9.18 Å². The van der Waals surface area contributed by atoms with Gasteiger partial charge in [0.1, 0.15) is 5.82 Å². The number of hydrogen-bond donors (Lipinski definition) is 1. The third kappa shape index (κ3) is 3.62. The number of rotatable bonds is 4. The number of carbonyl (C=O) groups is 1. The zero-order valence-corrected chi connectivity index (χ0v) is 11.9. The molecule has 0 spiro atoms. The summed E-state index contributed by atoms with van der Waals surface area (Å²) in [5.74, 6) is -1.92. The highest BCUT2D eigenvalue weighted by Crippen LogP contribution is 2.16. The minimum absolute atomic E-state index is 0.159. The molecule has 1 fully saturated rings. The monoisotopic (exact) mass is 301 g/mol. The van der Waals surface area contributed by atoms with E-state index in [1.807, 2.05) is 7.05 Å². The lowest BCUT2D eigenvalue weighted by Gasteiger charge is -2.29. The van der Waals surface area contributed by atoms with Crippen molar-refractivity contribution in [2.45, 2.75) is 11.0 Å². The summed E-state index contributed by atoms with van der Waals surface area (Å²) in [6.45, 7) is 2.10. The lowest BCUT2D eigenvalue weighted by Crippen LogP contribution is -2.42. The minimum atomic E-state index is -1.41. The minimum Gasteiger partial charge on any atom is -0.478 e. The normalized spacial score (nSPS) is 21.6. The highest BCUT2D eigenvalue weighted by Gasteiger charge is 2.21. The Morgan fingerprint density at radius 3 is 3.00 bits per heavy atom. The summed E-state index contributed by atoms with van der Waals surface area (Å²) in [6.07, 6.45) is -0.159. The molecule has 2 rings (SSSR count). The molecule has 0 amide bonds. The van der Waals surface area contributed by atoms with E-state index in [1.165, 1.54) is 6.07 Å². The Morgan fingerprint density at radius 1 is 1.60 bits per heavy atom. The van der Waals surface area contributed by atoms with E-state index in [1.54, 1.807) is 0 Å². The van der Waals surface area contributed by atoms with Crippen molar-refractivity contribution >= 4 is 16.8 Å². The molecule has 2 unspecified atom stereocenters. The van der Waals surface area contributed by atoms with Crippen molar-refractivity contribution in [3.8, 4) is 0 Å². The number of halogens is 1. The van der Waals surface area contributed by atoms with Crippen LogP contribution >= 0.6 is 0 Å². The van der Waals surface area contributed by atoms with E-state index in [2.05, 4.69) is 4.90 Å². The van der Waals surface area contributed by atoms with Crippen LogP contribution in [0, 0.1) is 5.82 Å². The van der Waals surface area contributed by atoms with Crippen LogP contribution in [0.1, 0.15) is 10.4 Å². The number of aromatic carboxylic acids is 1. The van der Waals surface area contributed by atoms with Gasteiger partial charge in [0.2, 0.25) is 0 Å². The van der Waals surface area contributed by atoms with Crippen LogP contribution in [0.3, 0.4) is 0 Å². The summed E-state index contributed by atoms with van der Waals surface area (Å²) in [5.41, 5.74) is -0.461. The first kappa shape index (κ1) is 15.1. The summed E-state index contributed by atoms with van der Waals surface area (Å²) >= 11 is 0. The quantitative estimate of drug-likeness (QED) is 0.897. The number of likely N-dealkylation sites (N-methyl/N-ethyl adjacent to an activating group) is 1. The molecule has 1 saturated heterocycles. The predicted octanol–water partition coefficient (Wildman–Crippen LogP) is 0.962. The summed E-state index contributed by atoms with van der Waals surface area (Å²) in [4.78, 5) is 13.2. The molecule has 1 heterocycles. The van der Waals surface area contributed by atoms with Gasteiger partial charge in [0.25, 0.3) is 0 Å². The SMILES string of the molecule is CN1CCOC(CS(=O)c2ccc(F)c(C(=O)O)c2)C1. The molecular weight excluding hydrogens is 285 g/mol. The molecule has 0 saturated carbocycles. The Balaban J connectivity index is 2.09. The highest BCUT2D eigenvalue weighted by atomic mass is 32.2. The first-order valence-electron chi connectivity index (χ1n) is 6.18. The number of morpholine rings is 1. The van der Waals surface area contributed by atoms with Gasteiger partial charge >= 0.3 is 5.97 Å². The molecule has 2 atom stereocenters. The van der Waals surface area contributed by atoms with E-state index >= 15 is 0 Å². The Kier molecular flexibility index (Phi) is 4.85. The molecule has 1 aliphatic heterocycles. The first-order valence-corrected chi connectivity index (χ1v) is 7.50. The van der Waals surface area contributed by atoms with Gasteiger partial charge in [-0.3, -0.25) is 4.21 Å². The van der Waals surface area contributed by atoms with E-state index in [0.29, 0.717) is 18.0 Å². The average molecular weight is 301 g/mol.